The van der Waals surface area contributed by atoms with E-state index in [4.69, 9.17) is 21.3 Å². The first-order valence-electron chi connectivity index (χ1n) is 10.7. The number of para-hydroxylation sites is 1. The maximum Gasteiger partial charge on any atom is 0.262 e. The third-order valence-electron chi connectivity index (χ3n) is 5.86. The Labute approximate surface area is 196 Å². The van der Waals surface area contributed by atoms with Gasteiger partial charge in [0.05, 0.1) is 29.0 Å². The minimum absolute atomic E-state index is 0.0346. The van der Waals surface area contributed by atoms with Gasteiger partial charge in [-0.1, -0.05) is 48.3 Å². The molecule has 6 nitrogen and oxygen atoms in total. The molecule has 0 aliphatic heterocycles. The SMILES string of the molecule is COc1cc(Cl)c(C)cc1NC(=O)C(C)Sc1nc2ccccc2c(=O)n1C1CCCC1. The minimum atomic E-state index is -0.476. The Bertz CT molecular complexity index is 1220. The number of nitrogens with one attached hydrogen (secondary N) is 1. The van der Waals surface area contributed by atoms with Gasteiger partial charge in [0.1, 0.15) is 5.75 Å². The maximum absolute atomic E-state index is 13.3. The highest BCUT2D eigenvalue weighted by molar-refractivity contribution is 8.00. The quantitative estimate of drug-likeness (QED) is 0.374. The molecule has 1 aromatic heterocycles. The number of anilines is 1. The van der Waals surface area contributed by atoms with Crippen molar-refractivity contribution in [2.75, 3.05) is 12.4 Å². The van der Waals surface area contributed by atoms with Crippen LogP contribution in [0.1, 0.15) is 44.2 Å². The van der Waals surface area contributed by atoms with E-state index < -0.39 is 5.25 Å². The number of rotatable bonds is 6. The van der Waals surface area contributed by atoms with Crippen molar-refractivity contribution in [2.45, 2.75) is 56.0 Å². The molecule has 1 saturated carbocycles. The van der Waals surface area contributed by atoms with Crippen molar-refractivity contribution in [2.24, 2.45) is 0 Å². The Balaban J connectivity index is 1.64. The molecule has 8 heteroatoms. The Hall–Kier alpha value is -2.51. The summed E-state index contributed by atoms with van der Waals surface area (Å²) in [6.07, 6.45) is 4.10. The smallest absolute Gasteiger partial charge is 0.262 e. The summed E-state index contributed by atoms with van der Waals surface area (Å²) >= 11 is 7.48. The minimum Gasteiger partial charge on any atom is -0.495 e. The number of aryl methyl sites for hydroxylation is 1. The van der Waals surface area contributed by atoms with Crippen molar-refractivity contribution < 1.29 is 9.53 Å². The number of amides is 1. The van der Waals surface area contributed by atoms with Crippen LogP contribution >= 0.6 is 23.4 Å². The molecular weight excluding hydrogens is 446 g/mol. The molecule has 0 saturated heterocycles. The molecule has 32 heavy (non-hydrogen) atoms. The Morgan fingerprint density at radius 3 is 2.72 bits per heavy atom. The van der Waals surface area contributed by atoms with Crippen molar-refractivity contribution in [3.05, 3.63) is 57.3 Å². The molecule has 1 N–H and O–H groups in total. The summed E-state index contributed by atoms with van der Waals surface area (Å²) in [4.78, 5) is 31.1. The summed E-state index contributed by atoms with van der Waals surface area (Å²) in [5, 5.41) is 4.23. The fourth-order valence-electron chi connectivity index (χ4n) is 4.07. The topological polar surface area (TPSA) is 73.2 Å². The lowest BCUT2D eigenvalue weighted by Gasteiger charge is -2.21. The van der Waals surface area contributed by atoms with Gasteiger partial charge in [-0.3, -0.25) is 14.2 Å². The molecule has 4 rings (SSSR count). The van der Waals surface area contributed by atoms with Crippen LogP contribution in [0.4, 0.5) is 5.69 Å². The third kappa shape index (κ3) is 4.50. The van der Waals surface area contributed by atoms with Crippen LogP contribution < -0.4 is 15.6 Å². The number of hydrogen-bond acceptors (Lipinski definition) is 5. The molecule has 0 bridgehead atoms. The van der Waals surface area contributed by atoms with E-state index in [9.17, 15) is 9.59 Å². The highest BCUT2D eigenvalue weighted by atomic mass is 35.5. The van der Waals surface area contributed by atoms with E-state index in [-0.39, 0.29) is 17.5 Å². The van der Waals surface area contributed by atoms with E-state index in [1.54, 1.807) is 16.7 Å². The molecule has 1 aliphatic carbocycles. The van der Waals surface area contributed by atoms with E-state index in [0.29, 0.717) is 32.5 Å². The number of methoxy groups -OCH3 is 1. The number of nitrogens with zero attached hydrogens (tertiary/aromatic N) is 2. The third-order valence-corrected chi connectivity index (χ3v) is 7.33. The summed E-state index contributed by atoms with van der Waals surface area (Å²) in [6.45, 7) is 3.69. The van der Waals surface area contributed by atoms with E-state index in [1.807, 2.05) is 38.1 Å². The van der Waals surface area contributed by atoms with Crippen LogP contribution in [0, 0.1) is 6.92 Å². The second kappa shape index (κ2) is 9.55. The summed E-state index contributed by atoms with van der Waals surface area (Å²) < 4.78 is 7.17. The van der Waals surface area contributed by atoms with Gasteiger partial charge in [-0.2, -0.15) is 0 Å². The zero-order valence-electron chi connectivity index (χ0n) is 18.4. The standard InChI is InChI=1S/C24H26ClN3O3S/c1-14-12-20(21(31-3)13-18(14)25)26-22(29)15(2)32-24-27-19-11-7-6-10-17(19)23(30)28(24)16-8-4-5-9-16/h6-7,10-13,15-16H,4-5,8-9H2,1-3H3,(H,26,29). The highest BCUT2D eigenvalue weighted by Crippen LogP contribution is 2.35. The first-order valence-corrected chi connectivity index (χ1v) is 12.0. The second-order valence-corrected chi connectivity index (χ2v) is 9.79. The molecule has 0 radical (unpaired) electrons. The zero-order valence-corrected chi connectivity index (χ0v) is 19.9. The first-order chi connectivity index (χ1) is 15.4. The molecule has 1 heterocycles. The van der Waals surface area contributed by atoms with Crippen molar-refractivity contribution >= 4 is 45.9 Å². The summed E-state index contributed by atoms with van der Waals surface area (Å²) in [5.41, 5.74) is 2.02. The number of thioether (sulfide) groups is 1. The van der Waals surface area contributed by atoms with Crippen LogP contribution in [0.3, 0.4) is 0 Å². The van der Waals surface area contributed by atoms with E-state index in [1.165, 1.54) is 18.9 Å². The number of benzene rings is 2. The predicted molar refractivity (Wildman–Crippen MR) is 130 cm³/mol. The van der Waals surface area contributed by atoms with E-state index >= 15 is 0 Å². The van der Waals surface area contributed by atoms with Crippen molar-refractivity contribution in [3.8, 4) is 5.75 Å². The highest BCUT2D eigenvalue weighted by Gasteiger charge is 2.26. The average Bonchev–Trinajstić information content (AvgIpc) is 3.30. The molecule has 3 aromatic rings. The lowest BCUT2D eigenvalue weighted by Crippen LogP contribution is -2.29. The van der Waals surface area contributed by atoms with Gasteiger partial charge in [-0.05, 0) is 50.5 Å². The average molecular weight is 472 g/mol. The summed E-state index contributed by atoms with van der Waals surface area (Å²) in [5.74, 6) is 0.299. The van der Waals surface area contributed by atoms with Crippen LogP contribution in [-0.4, -0.2) is 27.8 Å². The normalized spacial score (nSPS) is 15.1. The Morgan fingerprint density at radius 1 is 1.28 bits per heavy atom. The number of hydrogen-bond donors (Lipinski definition) is 1. The van der Waals surface area contributed by atoms with Crippen LogP contribution in [0.25, 0.3) is 10.9 Å². The molecule has 168 valence electrons. The van der Waals surface area contributed by atoms with E-state index in [0.717, 1.165) is 31.2 Å². The van der Waals surface area contributed by atoms with Gasteiger partial charge >= 0.3 is 0 Å². The van der Waals surface area contributed by atoms with Gasteiger partial charge < -0.3 is 10.1 Å². The van der Waals surface area contributed by atoms with E-state index in [2.05, 4.69) is 5.32 Å². The molecule has 1 atom stereocenters. The molecule has 1 fully saturated rings. The number of halogens is 1. The van der Waals surface area contributed by atoms with Gasteiger partial charge in [0.2, 0.25) is 5.91 Å². The molecule has 1 aliphatic rings. The Morgan fingerprint density at radius 2 is 2.00 bits per heavy atom. The van der Waals surface area contributed by atoms with Crippen LogP contribution in [-0.2, 0) is 4.79 Å². The Kier molecular flexibility index (Phi) is 6.76. The van der Waals surface area contributed by atoms with Crippen molar-refractivity contribution in [1.29, 1.82) is 0 Å². The van der Waals surface area contributed by atoms with Gasteiger partial charge in [0, 0.05) is 17.1 Å². The van der Waals surface area contributed by atoms with Gasteiger partial charge in [0.15, 0.2) is 5.16 Å². The lowest BCUT2D eigenvalue weighted by atomic mass is 10.2. The number of ether oxygens (including phenoxy) is 1. The van der Waals surface area contributed by atoms with Crippen LogP contribution in [0.2, 0.25) is 5.02 Å². The fourth-order valence-corrected chi connectivity index (χ4v) is 5.20. The first kappa shape index (κ1) is 22.7. The predicted octanol–water partition coefficient (Wildman–Crippen LogP) is 5.60. The molecule has 1 amide bonds. The number of aromatic nitrogens is 2. The van der Waals surface area contributed by atoms with Crippen molar-refractivity contribution in [3.63, 3.8) is 0 Å². The monoisotopic (exact) mass is 471 g/mol. The van der Waals surface area contributed by atoms with Gasteiger partial charge in [0.25, 0.3) is 5.56 Å². The number of carbonyl (C=O) groups excluding carboxylic acids is 1. The second-order valence-electron chi connectivity index (χ2n) is 8.08. The molecular formula is C24H26ClN3O3S. The molecule has 2 aromatic carbocycles. The van der Waals surface area contributed by atoms with Crippen molar-refractivity contribution in [1.82, 2.24) is 9.55 Å². The lowest BCUT2D eigenvalue weighted by molar-refractivity contribution is -0.115. The largest absolute Gasteiger partial charge is 0.495 e. The summed E-state index contributed by atoms with van der Waals surface area (Å²) in [6, 6.07) is 11.0. The maximum atomic E-state index is 13.3. The van der Waals surface area contributed by atoms with Crippen LogP contribution in [0.15, 0.2) is 46.3 Å². The molecule has 0 spiro atoms. The zero-order chi connectivity index (χ0) is 22.8. The fraction of sp³-hybridized carbons (Fsp3) is 0.375. The van der Waals surface area contributed by atoms with Crippen LogP contribution in [0.5, 0.6) is 5.75 Å². The summed E-state index contributed by atoms with van der Waals surface area (Å²) in [7, 11) is 1.54. The molecule has 1 unspecified atom stereocenters. The number of fused-ring (bicyclic) bond motifs is 1. The number of carbonyl (C=O) groups is 1. The van der Waals surface area contributed by atoms with Gasteiger partial charge in [-0.25, -0.2) is 4.98 Å². The van der Waals surface area contributed by atoms with Gasteiger partial charge in [-0.15, -0.1) is 0 Å².